The van der Waals surface area contributed by atoms with E-state index in [9.17, 15) is 4.79 Å². The number of thioether (sulfide) groups is 1. The van der Waals surface area contributed by atoms with Crippen LogP contribution in [0.5, 0.6) is 0 Å². The second kappa shape index (κ2) is 8.69. The number of hydrogen-bond acceptors (Lipinski definition) is 4. The third kappa shape index (κ3) is 4.00. The Morgan fingerprint density at radius 2 is 1.52 bits per heavy atom. The Morgan fingerprint density at radius 1 is 0.966 bits per heavy atom. The molecule has 6 nitrogen and oxygen atoms in total. The predicted octanol–water partition coefficient (Wildman–Crippen LogP) is 4.67. The molecule has 7 heteroatoms. The Kier molecular flexibility index (Phi) is 5.85. The Bertz CT molecular complexity index is 912. The Labute approximate surface area is 175 Å². The fourth-order valence-electron chi connectivity index (χ4n) is 3.85. The van der Waals surface area contributed by atoms with Gasteiger partial charge in [-0.3, -0.25) is 4.90 Å². The zero-order chi connectivity index (χ0) is 20.2. The molecule has 1 fully saturated rings. The molecule has 0 atom stereocenters. The first-order valence-corrected chi connectivity index (χ1v) is 11.0. The van der Waals surface area contributed by atoms with Gasteiger partial charge in [-0.05, 0) is 43.4 Å². The molecular weight excluding hydrogens is 382 g/mol. The number of para-hydroxylation sites is 2. The maximum Gasteiger partial charge on any atom is 0.329 e. The van der Waals surface area contributed by atoms with Crippen molar-refractivity contribution in [2.75, 3.05) is 24.2 Å². The minimum Gasteiger partial charge on any atom is -0.324 e. The van der Waals surface area contributed by atoms with Crippen LogP contribution in [0.1, 0.15) is 24.6 Å². The van der Waals surface area contributed by atoms with Crippen molar-refractivity contribution >= 4 is 29.2 Å². The van der Waals surface area contributed by atoms with Crippen molar-refractivity contribution in [3.05, 3.63) is 66.5 Å². The average Bonchev–Trinajstić information content (AvgIpc) is 3.16. The van der Waals surface area contributed by atoms with E-state index in [2.05, 4.69) is 14.8 Å². The fraction of sp³-hybridized carbons (Fsp3) is 0.318. The standard InChI is InChI=1S/C22H25N5OS/c1-25-20(23-24-21(25)29-2)17-13-15-26(16-14-17)22(28)27(18-9-5-3-6-10-18)19-11-7-4-8-12-19/h3-12,17H,13-16H2,1-2H3. The van der Waals surface area contributed by atoms with E-state index < -0.39 is 0 Å². The van der Waals surface area contributed by atoms with Crippen molar-refractivity contribution in [2.45, 2.75) is 23.9 Å². The van der Waals surface area contributed by atoms with Gasteiger partial charge in [-0.15, -0.1) is 10.2 Å². The van der Waals surface area contributed by atoms with Gasteiger partial charge in [0.25, 0.3) is 0 Å². The largest absolute Gasteiger partial charge is 0.329 e. The number of carbonyl (C=O) groups excluding carboxylic acids is 1. The smallest absolute Gasteiger partial charge is 0.324 e. The summed E-state index contributed by atoms with van der Waals surface area (Å²) in [6.07, 6.45) is 3.80. The number of urea groups is 1. The van der Waals surface area contributed by atoms with Gasteiger partial charge in [0.2, 0.25) is 0 Å². The van der Waals surface area contributed by atoms with E-state index in [0.717, 1.165) is 35.2 Å². The van der Waals surface area contributed by atoms with E-state index in [0.29, 0.717) is 19.0 Å². The molecule has 0 radical (unpaired) electrons. The SMILES string of the molecule is CSc1nnc(C2CCN(C(=O)N(c3ccccc3)c3ccccc3)CC2)n1C. The highest BCUT2D eigenvalue weighted by molar-refractivity contribution is 7.98. The molecule has 29 heavy (non-hydrogen) atoms. The summed E-state index contributed by atoms with van der Waals surface area (Å²) in [5, 5.41) is 9.58. The monoisotopic (exact) mass is 407 g/mol. The number of anilines is 2. The summed E-state index contributed by atoms with van der Waals surface area (Å²) in [6, 6.07) is 19.7. The van der Waals surface area contributed by atoms with Crippen LogP contribution in [0.25, 0.3) is 0 Å². The topological polar surface area (TPSA) is 54.3 Å². The number of piperidine rings is 1. The van der Waals surface area contributed by atoms with Crippen molar-refractivity contribution in [1.82, 2.24) is 19.7 Å². The Balaban J connectivity index is 1.52. The van der Waals surface area contributed by atoms with E-state index in [1.807, 2.05) is 78.9 Å². The molecule has 4 rings (SSSR count). The molecule has 1 aliphatic heterocycles. The van der Waals surface area contributed by atoms with Gasteiger partial charge in [-0.1, -0.05) is 48.2 Å². The predicted molar refractivity (Wildman–Crippen MR) is 117 cm³/mol. The zero-order valence-electron chi connectivity index (χ0n) is 16.7. The van der Waals surface area contributed by atoms with Crippen LogP contribution in [0, 0.1) is 0 Å². The van der Waals surface area contributed by atoms with Gasteiger partial charge in [0.15, 0.2) is 5.16 Å². The van der Waals surface area contributed by atoms with Crippen LogP contribution in [0.15, 0.2) is 65.8 Å². The van der Waals surface area contributed by atoms with Crippen LogP contribution in [0.2, 0.25) is 0 Å². The average molecular weight is 408 g/mol. The first-order valence-electron chi connectivity index (χ1n) is 9.81. The van der Waals surface area contributed by atoms with Crippen LogP contribution in [0.3, 0.4) is 0 Å². The van der Waals surface area contributed by atoms with Crippen molar-refractivity contribution in [3.8, 4) is 0 Å². The van der Waals surface area contributed by atoms with E-state index in [4.69, 9.17) is 0 Å². The number of carbonyl (C=O) groups is 1. The minimum absolute atomic E-state index is 0.0172. The van der Waals surface area contributed by atoms with Gasteiger partial charge in [0.05, 0.1) is 11.4 Å². The van der Waals surface area contributed by atoms with Crippen LogP contribution < -0.4 is 4.90 Å². The molecule has 2 amide bonds. The summed E-state index contributed by atoms with van der Waals surface area (Å²) in [6.45, 7) is 1.42. The second-order valence-electron chi connectivity index (χ2n) is 7.15. The van der Waals surface area contributed by atoms with E-state index in [-0.39, 0.29) is 6.03 Å². The number of hydrogen-bond donors (Lipinski definition) is 0. The maximum atomic E-state index is 13.5. The van der Waals surface area contributed by atoms with Gasteiger partial charge in [-0.25, -0.2) is 4.79 Å². The van der Waals surface area contributed by atoms with Gasteiger partial charge in [-0.2, -0.15) is 0 Å². The lowest BCUT2D eigenvalue weighted by Crippen LogP contribution is -2.45. The highest BCUT2D eigenvalue weighted by Crippen LogP contribution is 2.31. The van der Waals surface area contributed by atoms with Crippen molar-refractivity contribution in [1.29, 1.82) is 0 Å². The molecule has 2 heterocycles. The first kappa shape index (κ1) is 19.5. The van der Waals surface area contributed by atoms with Crippen LogP contribution >= 0.6 is 11.8 Å². The van der Waals surface area contributed by atoms with Gasteiger partial charge in [0, 0.05) is 26.1 Å². The summed E-state index contributed by atoms with van der Waals surface area (Å²) in [4.78, 5) is 17.2. The number of rotatable bonds is 4. The summed E-state index contributed by atoms with van der Waals surface area (Å²) < 4.78 is 2.08. The normalized spacial score (nSPS) is 14.8. The Morgan fingerprint density at radius 3 is 2.00 bits per heavy atom. The molecule has 2 aromatic carbocycles. The molecule has 0 unspecified atom stereocenters. The number of benzene rings is 2. The maximum absolute atomic E-state index is 13.5. The van der Waals surface area contributed by atoms with Gasteiger partial charge >= 0.3 is 6.03 Å². The molecule has 150 valence electrons. The zero-order valence-corrected chi connectivity index (χ0v) is 17.5. The lowest BCUT2D eigenvalue weighted by atomic mass is 9.96. The summed E-state index contributed by atoms with van der Waals surface area (Å²) in [5.74, 6) is 1.35. The number of likely N-dealkylation sites (tertiary alicyclic amines) is 1. The number of amides is 2. The highest BCUT2D eigenvalue weighted by atomic mass is 32.2. The summed E-state index contributed by atoms with van der Waals surface area (Å²) >= 11 is 1.60. The van der Waals surface area contributed by atoms with Crippen molar-refractivity contribution in [2.24, 2.45) is 7.05 Å². The quantitative estimate of drug-likeness (QED) is 0.590. The van der Waals surface area contributed by atoms with Crippen LogP contribution in [-0.4, -0.2) is 45.0 Å². The van der Waals surface area contributed by atoms with Crippen molar-refractivity contribution < 1.29 is 4.79 Å². The lowest BCUT2D eigenvalue weighted by molar-refractivity contribution is 0.188. The van der Waals surface area contributed by atoms with Gasteiger partial charge < -0.3 is 9.47 Å². The van der Waals surface area contributed by atoms with Crippen molar-refractivity contribution in [3.63, 3.8) is 0 Å². The number of nitrogens with zero attached hydrogens (tertiary/aromatic N) is 5. The summed E-state index contributed by atoms with van der Waals surface area (Å²) in [7, 11) is 2.02. The molecule has 0 saturated carbocycles. The van der Waals surface area contributed by atoms with Gasteiger partial charge in [0.1, 0.15) is 5.82 Å². The Hall–Kier alpha value is -2.80. The minimum atomic E-state index is 0.0172. The van der Waals surface area contributed by atoms with E-state index in [1.165, 1.54) is 0 Å². The number of aromatic nitrogens is 3. The molecule has 3 aromatic rings. The molecular formula is C22H25N5OS. The molecule has 1 saturated heterocycles. The first-order chi connectivity index (χ1) is 14.2. The van der Waals surface area contributed by atoms with Crippen LogP contribution in [-0.2, 0) is 7.05 Å². The van der Waals surface area contributed by atoms with E-state index >= 15 is 0 Å². The molecule has 1 aromatic heterocycles. The molecule has 0 bridgehead atoms. The fourth-order valence-corrected chi connectivity index (χ4v) is 4.34. The summed E-state index contributed by atoms with van der Waals surface area (Å²) in [5.41, 5.74) is 1.76. The van der Waals surface area contributed by atoms with Crippen LogP contribution in [0.4, 0.5) is 16.2 Å². The molecule has 0 spiro atoms. The van der Waals surface area contributed by atoms with E-state index in [1.54, 1.807) is 16.7 Å². The highest BCUT2D eigenvalue weighted by Gasteiger charge is 2.30. The molecule has 0 N–H and O–H groups in total. The third-order valence-corrected chi connectivity index (χ3v) is 6.12. The lowest BCUT2D eigenvalue weighted by Gasteiger charge is -2.35. The molecule has 0 aliphatic carbocycles. The third-order valence-electron chi connectivity index (χ3n) is 5.40. The molecule has 1 aliphatic rings. The second-order valence-corrected chi connectivity index (χ2v) is 7.93.